The Morgan fingerprint density at radius 2 is 1.49 bits per heavy atom. The van der Waals surface area contributed by atoms with Crippen molar-refractivity contribution < 1.29 is 19.0 Å². The molecule has 180 valence electrons. The van der Waals surface area contributed by atoms with Crippen LogP contribution < -0.4 is 9.47 Å². The quantitative estimate of drug-likeness (QED) is 0.274. The number of aromatic nitrogens is 2. The first-order valence-corrected chi connectivity index (χ1v) is 11.6. The molecule has 0 saturated carbocycles. The maximum absolute atomic E-state index is 12.8. The van der Waals surface area contributed by atoms with E-state index in [2.05, 4.69) is 17.1 Å². The van der Waals surface area contributed by atoms with Gasteiger partial charge in [-0.25, -0.2) is 9.78 Å². The van der Waals surface area contributed by atoms with Crippen LogP contribution in [-0.2, 0) is 9.53 Å². The monoisotopic (exact) mass is 470 g/mol. The van der Waals surface area contributed by atoms with Crippen LogP contribution in [0.4, 0.5) is 0 Å². The van der Waals surface area contributed by atoms with Crippen molar-refractivity contribution in [1.82, 2.24) is 9.55 Å². The van der Waals surface area contributed by atoms with Gasteiger partial charge in [0.15, 0.2) is 12.7 Å². The molecule has 0 bridgehead atoms. The van der Waals surface area contributed by atoms with Gasteiger partial charge < -0.3 is 14.2 Å². The van der Waals surface area contributed by atoms with Crippen molar-refractivity contribution >= 4 is 5.97 Å². The first-order chi connectivity index (χ1) is 16.9. The lowest BCUT2D eigenvalue weighted by Crippen LogP contribution is -2.42. The van der Waals surface area contributed by atoms with Crippen molar-refractivity contribution in [1.29, 1.82) is 0 Å². The van der Waals surface area contributed by atoms with Gasteiger partial charge >= 0.3 is 5.97 Å². The highest BCUT2D eigenvalue weighted by molar-refractivity contribution is 5.71. The highest BCUT2D eigenvalue weighted by Crippen LogP contribution is 2.34. The minimum absolute atomic E-state index is 0.195. The van der Waals surface area contributed by atoms with Crippen molar-refractivity contribution in [3.63, 3.8) is 0 Å². The summed E-state index contributed by atoms with van der Waals surface area (Å²) < 4.78 is 19.8. The maximum atomic E-state index is 12.8. The summed E-state index contributed by atoms with van der Waals surface area (Å²) in [5, 5.41) is 0. The second-order valence-electron chi connectivity index (χ2n) is 9.29. The van der Waals surface area contributed by atoms with Crippen molar-refractivity contribution in [2.75, 3.05) is 6.61 Å². The topological polar surface area (TPSA) is 62.6 Å². The third-order valence-corrected chi connectivity index (χ3v) is 5.51. The summed E-state index contributed by atoms with van der Waals surface area (Å²) in [6, 6.07) is 27.2. The number of benzene rings is 3. The van der Waals surface area contributed by atoms with E-state index in [4.69, 9.17) is 14.2 Å². The summed E-state index contributed by atoms with van der Waals surface area (Å²) in [5.74, 6) is 0.800. The number of carbonyl (C=O) groups is 1. The Morgan fingerprint density at radius 3 is 2.09 bits per heavy atom. The number of esters is 1. The SMILES string of the molecule is CC(C)(C)C(OC(=O)COc1ccccc1)C(Oc1ccc(-c2ccccc2)cc1)n1ccnc1. The smallest absolute Gasteiger partial charge is 0.344 e. The molecule has 0 radical (unpaired) electrons. The van der Waals surface area contributed by atoms with E-state index < -0.39 is 23.7 Å². The molecule has 6 nitrogen and oxygen atoms in total. The molecular weight excluding hydrogens is 440 g/mol. The standard InChI is InChI=1S/C29H30N2O4/c1-29(2,3)27(35-26(32)20-33-24-12-8-5-9-13-24)28(31-19-18-30-21-31)34-25-16-14-23(15-17-25)22-10-6-4-7-11-22/h4-19,21,27-28H,20H2,1-3H3. The van der Waals surface area contributed by atoms with Crippen LogP contribution in [-0.4, -0.2) is 28.2 Å². The first-order valence-electron chi connectivity index (χ1n) is 11.6. The molecule has 1 aromatic heterocycles. The van der Waals surface area contributed by atoms with Gasteiger partial charge in [-0.15, -0.1) is 0 Å². The van der Waals surface area contributed by atoms with Gasteiger partial charge in [0.2, 0.25) is 6.23 Å². The number of carbonyl (C=O) groups excluding carboxylic acids is 1. The molecule has 2 unspecified atom stereocenters. The van der Waals surface area contributed by atoms with Crippen LogP contribution in [0.5, 0.6) is 11.5 Å². The number of para-hydroxylation sites is 1. The molecular formula is C29H30N2O4. The lowest BCUT2D eigenvalue weighted by molar-refractivity contribution is -0.170. The number of imidazole rings is 1. The zero-order chi connectivity index (χ0) is 24.7. The van der Waals surface area contributed by atoms with E-state index in [9.17, 15) is 4.79 Å². The van der Waals surface area contributed by atoms with E-state index in [0.29, 0.717) is 11.5 Å². The van der Waals surface area contributed by atoms with Gasteiger partial charge in [0.05, 0.1) is 6.33 Å². The van der Waals surface area contributed by atoms with Crippen LogP contribution >= 0.6 is 0 Å². The summed E-state index contributed by atoms with van der Waals surface area (Å²) >= 11 is 0. The molecule has 2 atom stereocenters. The number of hydrogen-bond donors (Lipinski definition) is 0. The van der Waals surface area contributed by atoms with Gasteiger partial charge in [-0.3, -0.25) is 4.57 Å². The minimum atomic E-state index is -0.624. The molecule has 4 aromatic rings. The molecule has 3 aromatic carbocycles. The predicted molar refractivity (Wildman–Crippen MR) is 135 cm³/mol. The van der Waals surface area contributed by atoms with Crippen LogP contribution in [0.1, 0.15) is 27.0 Å². The lowest BCUT2D eigenvalue weighted by Gasteiger charge is -2.36. The third-order valence-electron chi connectivity index (χ3n) is 5.51. The average molecular weight is 471 g/mol. The van der Waals surface area contributed by atoms with Crippen molar-refractivity contribution in [3.05, 3.63) is 104 Å². The van der Waals surface area contributed by atoms with E-state index in [-0.39, 0.29) is 6.61 Å². The van der Waals surface area contributed by atoms with Crippen LogP contribution in [0.2, 0.25) is 0 Å². The minimum Gasteiger partial charge on any atom is -0.482 e. The first kappa shape index (κ1) is 24.1. The molecule has 0 aliphatic rings. The lowest BCUT2D eigenvalue weighted by atomic mass is 9.87. The summed E-state index contributed by atoms with van der Waals surface area (Å²) in [5.41, 5.74) is 1.79. The van der Waals surface area contributed by atoms with Crippen molar-refractivity contribution in [3.8, 4) is 22.6 Å². The molecule has 4 rings (SSSR count). The molecule has 0 N–H and O–H groups in total. The number of rotatable bonds is 9. The average Bonchev–Trinajstić information content (AvgIpc) is 3.41. The van der Waals surface area contributed by atoms with E-state index in [1.165, 1.54) is 0 Å². The Bertz CT molecular complexity index is 1190. The number of ether oxygens (including phenoxy) is 3. The molecule has 0 spiro atoms. The molecule has 0 aliphatic heterocycles. The number of hydrogen-bond acceptors (Lipinski definition) is 5. The molecule has 35 heavy (non-hydrogen) atoms. The molecule has 0 amide bonds. The fourth-order valence-corrected chi connectivity index (χ4v) is 3.69. The molecule has 0 aliphatic carbocycles. The van der Waals surface area contributed by atoms with Crippen molar-refractivity contribution in [2.45, 2.75) is 33.1 Å². The van der Waals surface area contributed by atoms with E-state index >= 15 is 0 Å². The largest absolute Gasteiger partial charge is 0.482 e. The van der Waals surface area contributed by atoms with Gasteiger partial charge in [-0.1, -0.05) is 81.4 Å². The van der Waals surface area contributed by atoms with E-state index in [1.54, 1.807) is 30.9 Å². The van der Waals surface area contributed by atoms with Crippen LogP contribution in [0.25, 0.3) is 11.1 Å². The van der Waals surface area contributed by atoms with Gasteiger partial charge in [0, 0.05) is 17.8 Å². The second kappa shape index (κ2) is 10.9. The van der Waals surface area contributed by atoms with E-state index in [1.807, 2.05) is 86.0 Å². The molecule has 6 heteroatoms. The highest BCUT2D eigenvalue weighted by atomic mass is 16.6. The van der Waals surface area contributed by atoms with Crippen LogP contribution in [0.3, 0.4) is 0 Å². The fraction of sp³-hybridized carbons (Fsp3) is 0.241. The fourth-order valence-electron chi connectivity index (χ4n) is 3.69. The van der Waals surface area contributed by atoms with Crippen LogP contribution in [0, 0.1) is 5.41 Å². The number of nitrogens with zero attached hydrogens (tertiary/aromatic N) is 2. The Kier molecular flexibility index (Phi) is 7.51. The van der Waals surface area contributed by atoms with Gasteiger partial charge in [0.25, 0.3) is 0 Å². The Balaban J connectivity index is 1.53. The normalized spacial score (nSPS) is 13.0. The van der Waals surface area contributed by atoms with E-state index in [0.717, 1.165) is 11.1 Å². The van der Waals surface area contributed by atoms with Gasteiger partial charge in [-0.05, 0) is 35.4 Å². The third kappa shape index (κ3) is 6.51. The second-order valence-corrected chi connectivity index (χ2v) is 9.29. The molecule has 0 saturated heterocycles. The maximum Gasteiger partial charge on any atom is 0.344 e. The van der Waals surface area contributed by atoms with Crippen molar-refractivity contribution in [2.24, 2.45) is 5.41 Å². The Labute approximate surface area is 206 Å². The van der Waals surface area contributed by atoms with Crippen LogP contribution in [0.15, 0.2) is 104 Å². The Morgan fingerprint density at radius 1 is 0.857 bits per heavy atom. The molecule has 0 fully saturated rings. The predicted octanol–water partition coefficient (Wildman–Crippen LogP) is 6.16. The highest BCUT2D eigenvalue weighted by Gasteiger charge is 2.38. The Hall–Kier alpha value is -4.06. The summed E-state index contributed by atoms with van der Waals surface area (Å²) in [7, 11) is 0. The summed E-state index contributed by atoms with van der Waals surface area (Å²) in [4.78, 5) is 16.9. The summed E-state index contributed by atoms with van der Waals surface area (Å²) in [6.07, 6.45) is 3.90. The summed E-state index contributed by atoms with van der Waals surface area (Å²) in [6.45, 7) is 5.83. The van der Waals surface area contributed by atoms with Gasteiger partial charge in [-0.2, -0.15) is 0 Å². The zero-order valence-electron chi connectivity index (χ0n) is 20.2. The van der Waals surface area contributed by atoms with Gasteiger partial charge in [0.1, 0.15) is 11.5 Å². The zero-order valence-corrected chi connectivity index (χ0v) is 20.2. The molecule has 1 heterocycles.